The molecule has 0 fully saturated rings. The molecular weight excluding hydrogens is 252 g/mol. The van der Waals surface area contributed by atoms with Gasteiger partial charge in [-0.1, -0.05) is 24.3 Å². The molecule has 0 aromatic heterocycles. The summed E-state index contributed by atoms with van der Waals surface area (Å²) >= 11 is 0. The van der Waals surface area contributed by atoms with Gasteiger partial charge in [-0.05, 0) is 19.1 Å². The minimum Gasteiger partial charge on any atom is -0.480 e. The molecule has 1 aromatic rings. The molecule has 1 amide bonds. The van der Waals surface area contributed by atoms with Crippen molar-refractivity contribution in [2.24, 2.45) is 0 Å². The van der Waals surface area contributed by atoms with Gasteiger partial charge < -0.3 is 9.64 Å². The van der Waals surface area contributed by atoms with Crippen LogP contribution in [0.2, 0.25) is 0 Å². The molecule has 20 heavy (non-hydrogen) atoms. The Labute approximate surface area is 119 Å². The zero-order valence-electron chi connectivity index (χ0n) is 11.6. The van der Waals surface area contributed by atoms with Gasteiger partial charge in [-0.25, -0.2) is 0 Å². The number of amides is 1. The molecule has 0 bridgehead atoms. The Kier molecular flexibility index (Phi) is 6.05. The lowest BCUT2D eigenvalue weighted by Gasteiger charge is -2.24. The minimum absolute atomic E-state index is 0.169. The number of hydrogen-bond acceptors (Lipinski definition) is 3. The molecule has 0 aliphatic rings. The van der Waals surface area contributed by atoms with Crippen LogP contribution in [0.3, 0.4) is 0 Å². The van der Waals surface area contributed by atoms with Crippen molar-refractivity contribution >= 4 is 5.91 Å². The Balaban J connectivity index is 2.81. The highest BCUT2D eigenvalue weighted by molar-refractivity contribution is 5.81. The van der Waals surface area contributed by atoms with Crippen LogP contribution in [-0.4, -0.2) is 30.0 Å². The van der Waals surface area contributed by atoms with Gasteiger partial charge in [0, 0.05) is 13.1 Å². The Hall–Kier alpha value is -2.54. The van der Waals surface area contributed by atoms with Crippen molar-refractivity contribution in [3.8, 4) is 11.8 Å². The van der Waals surface area contributed by atoms with Crippen LogP contribution in [0, 0.1) is 11.3 Å². The maximum Gasteiger partial charge on any atom is 0.263 e. The molecule has 1 atom stereocenters. The van der Waals surface area contributed by atoms with Crippen molar-refractivity contribution in [3.05, 3.63) is 55.1 Å². The van der Waals surface area contributed by atoms with E-state index in [1.165, 1.54) is 0 Å². The fraction of sp³-hybridized carbons (Fsp3) is 0.250. The molecule has 1 aromatic carbocycles. The predicted molar refractivity (Wildman–Crippen MR) is 78.2 cm³/mol. The van der Waals surface area contributed by atoms with Gasteiger partial charge in [0.1, 0.15) is 11.8 Å². The lowest BCUT2D eigenvalue weighted by molar-refractivity contribution is -0.136. The average Bonchev–Trinajstić information content (AvgIpc) is 2.46. The first-order valence-electron chi connectivity index (χ1n) is 6.30. The van der Waals surface area contributed by atoms with Crippen molar-refractivity contribution < 1.29 is 9.53 Å². The van der Waals surface area contributed by atoms with Crippen LogP contribution in [0.5, 0.6) is 5.75 Å². The standard InChI is InChI=1S/C16H18N2O2/c1-4-10-18(11-5-2)16(19)13(3)20-15-9-7-6-8-14(15)12-17/h4-9,13H,1-2,10-11H2,3H3. The van der Waals surface area contributed by atoms with Gasteiger partial charge >= 0.3 is 0 Å². The van der Waals surface area contributed by atoms with Crippen LogP contribution >= 0.6 is 0 Å². The van der Waals surface area contributed by atoms with Crippen molar-refractivity contribution in [1.82, 2.24) is 4.90 Å². The van der Waals surface area contributed by atoms with E-state index in [1.807, 2.05) is 6.07 Å². The van der Waals surface area contributed by atoms with Crippen molar-refractivity contribution in [1.29, 1.82) is 5.26 Å². The van der Waals surface area contributed by atoms with E-state index in [0.29, 0.717) is 24.4 Å². The molecule has 0 saturated carbocycles. The van der Waals surface area contributed by atoms with Gasteiger partial charge in [-0.15, -0.1) is 13.2 Å². The number of carbonyl (C=O) groups excluding carboxylic acids is 1. The van der Waals surface area contributed by atoms with Gasteiger partial charge in [-0.3, -0.25) is 4.79 Å². The number of nitrogens with zero attached hydrogens (tertiary/aromatic N) is 2. The smallest absolute Gasteiger partial charge is 0.263 e. The van der Waals surface area contributed by atoms with Crippen LogP contribution in [0.4, 0.5) is 0 Å². The van der Waals surface area contributed by atoms with E-state index < -0.39 is 6.10 Å². The molecule has 0 heterocycles. The summed E-state index contributed by atoms with van der Waals surface area (Å²) in [7, 11) is 0. The summed E-state index contributed by atoms with van der Waals surface area (Å²) in [6.45, 7) is 9.77. The summed E-state index contributed by atoms with van der Waals surface area (Å²) in [5.74, 6) is 0.241. The monoisotopic (exact) mass is 270 g/mol. The Morgan fingerprint density at radius 3 is 2.55 bits per heavy atom. The number of ether oxygens (including phenoxy) is 1. The zero-order valence-corrected chi connectivity index (χ0v) is 11.6. The summed E-state index contributed by atoms with van der Waals surface area (Å²) in [5.41, 5.74) is 0.408. The van der Waals surface area contributed by atoms with Gasteiger partial charge in [0.2, 0.25) is 0 Å². The van der Waals surface area contributed by atoms with E-state index in [9.17, 15) is 4.79 Å². The van der Waals surface area contributed by atoms with Crippen LogP contribution in [0.15, 0.2) is 49.6 Å². The van der Waals surface area contributed by atoms with Gasteiger partial charge in [0.25, 0.3) is 5.91 Å². The van der Waals surface area contributed by atoms with E-state index in [0.717, 1.165) is 0 Å². The first kappa shape index (κ1) is 15.5. The lowest BCUT2D eigenvalue weighted by atomic mass is 10.2. The van der Waals surface area contributed by atoms with E-state index in [2.05, 4.69) is 13.2 Å². The van der Waals surface area contributed by atoms with Crippen LogP contribution in [-0.2, 0) is 4.79 Å². The van der Waals surface area contributed by atoms with E-state index in [1.54, 1.807) is 48.2 Å². The highest BCUT2D eigenvalue weighted by Crippen LogP contribution is 2.18. The number of rotatable bonds is 7. The number of nitriles is 1. The average molecular weight is 270 g/mol. The molecule has 0 saturated heterocycles. The molecule has 1 unspecified atom stereocenters. The molecule has 104 valence electrons. The van der Waals surface area contributed by atoms with Crippen LogP contribution < -0.4 is 4.74 Å². The molecule has 4 heteroatoms. The Morgan fingerprint density at radius 1 is 1.40 bits per heavy atom. The van der Waals surface area contributed by atoms with Crippen molar-refractivity contribution in [2.45, 2.75) is 13.0 Å². The maximum atomic E-state index is 12.2. The predicted octanol–water partition coefficient (Wildman–Crippen LogP) is 2.53. The molecule has 0 radical (unpaired) electrons. The molecule has 0 aliphatic carbocycles. The summed E-state index contributed by atoms with van der Waals surface area (Å²) < 4.78 is 5.59. The van der Waals surface area contributed by atoms with Gasteiger partial charge in [0.05, 0.1) is 5.56 Å². The second-order valence-electron chi connectivity index (χ2n) is 4.19. The SMILES string of the molecule is C=CCN(CC=C)C(=O)C(C)Oc1ccccc1C#N. The highest BCUT2D eigenvalue weighted by Gasteiger charge is 2.21. The third-order valence-electron chi connectivity index (χ3n) is 2.67. The topological polar surface area (TPSA) is 53.3 Å². The molecule has 0 spiro atoms. The van der Waals surface area contributed by atoms with Crippen LogP contribution in [0.25, 0.3) is 0 Å². The van der Waals surface area contributed by atoms with Crippen molar-refractivity contribution in [2.75, 3.05) is 13.1 Å². The van der Waals surface area contributed by atoms with E-state index in [-0.39, 0.29) is 5.91 Å². The fourth-order valence-electron chi connectivity index (χ4n) is 1.73. The fourth-order valence-corrected chi connectivity index (χ4v) is 1.73. The highest BCUT2D eigenvalue weighted by atomic mass is 16.5. The van der Waals surface area contributed by atoms with Gasteiger partial charge in [0.15, 0.2) is 6.10 Å². The minimum atomic E-state index is -0.676. The zero-order chi connectivity index (χ0) is 15.0. The normalized spacial score (nSPS) is 11.0. The quantitative estimate of drug-likeness (QED) is 0.715. The Bertz CT molecular complexity index is 522. The largest absolute Gasteiger partial charge is 0.480 e. The third-order valence-corrected chi connectivity index (χ3v) is 2.67. The van der Waals surface area contributed by atoms with Crippen LogP contribution in [0.1, 0.15) is 12.5 Å². The first-order chi connectivity index (χ1) is 9.63. The number of para-hydroxylation sites is 1. The number of hydrogen-bond donors (Lipinski definition) is 0. The van der Waals surface area contributed by atoms with Crippen molar-refractivity contribution in [3.63, 3.8) is 0 Å². The van der Waals surface area contributed by atoms with E-state index >= 15 is 0 Å². The summed E-state index contributed by atoms with van der Waals surface area (Å²) in [4.78, 5) is 13.8. The first-order valence-corrected chi connectivity index (χ1v) is 6.30. The number of benzene rings is 1. The second-order valence-corrected chi connectivity index (χ2v) is 4.19. The van der Waals surface area contributed by atoms with E-state index in [4.69, 9.17) is 10.00 Å². The molecular formula is C16H18N2O2. The molecule has 0 aliphatic heterocycles. The Morgan fingerprint density at radius 2 is 2.00 bits per heavy atom. The molecule has 1 rings (SSSR count). The third kappa shape index (κ3) is 3.99. The lowest BCUT2D eigenvalue weighted by Crippen LogP contribution is -2.40. The molecule has 0 N–H and O–H groups in total. The summed E-state index contributed by atoms with van der Waals surface area (Å²) in [6.07, 6.45) is 2.62. The maximum absolute atomic E-state index is 12.2. The summed E-state index contributed by atoms with van der Waals surface area (Å²) in [5, 5.41) is 9.00. The number of carbonyl (C=O) groups is 1. The summed E-state index contributed by atoms with van der Waals surface area (Å²) in [6, 6.07) is 8.87. The van der Waals surface area contributed by atoms with Gasteiger partial charge in [-0.2, -0.15) is 5.26 Å². The molecule has 4 nitrogen and oxygen atoms in total. The second kappa shape index (κ2) is 7.80.